The number of methoxy groups -OCH3 is 1. The van der Waals surface area contributed by atoms with Crippen LogP contribution in [0.4, 0.5) is 0 Å². The number of ether oxygens (including phenoxy) is 2. The average Bonchev–Trinajstić information content (AvgIpc) is 2.68. The Balaban J connectivity index is 2.74. The van der Waals surface area contributed by atoms with Gasteiger partial charge in [-0.3, -0.25) is 0 Å². The summed E-state index contributed by atoms with van der Waals surface area (Å²) in [6, 6.07) is 9.46. The first kappa shape index (κ1) is 21.1. The van der Waals surface area contributed by atoms with Gasteiger partial charge in [-0.25, -0.2) is 9.59 Å². The summed E-state index contributed by atoms with van der Waals surface area (Å²) in [5.41, 5.74) is 8.13. The summed E-state index contributed by atoms with van der Waals surface area (Å²) in [6.07, 6.45) is 0. The fraction of sp³-hybridized carbons (Fsp3) is 0.400. The number of hydrogen-bond donors (Lipinski definition) is 1. The number of thioether (sulfide) groups is 1. The second-order valence-corrected chi connectivity index (χ2v) is 7.05. The smallest absolute Gasteiger partial charge is 0.337 e. The third-order valence-corrected chi connectivity index (χ3v) is 5.60. The quantitative estimate of drug-likeness (QED) is 0.717. The molecule has 1 atom stereocenters. The van der Waals surface area contributed by atoms with Crippen molar-refractivity contribution in [3.05, 3.63) is 57.8 Å². The molecule has 27 heavy (non-hydrogen) atoms. The number of allylic oxidation sites excluding steroid dienone is 1. The summed E-state index contributed by atoms with van der Waals surface area (Å²) in [5.74, 6) is -0.816. The van der Waals surface area contributed by atoms with Crippen LogP contribution in [0.25, 0.3) is 0 Å². The number of esters is 2. The van der Waals surface area contributed by atoms with Crippen molar-refractivity contribution in [2.45, 2.75) is 19.8 Å². The molecule has 1 unspecified atom stereocenters. The highest BCUT2D eigenvalue weighted by Crippen LogP contribution is 2.45. The van der Waals surface area contributed by atoms with E-state index in [2.05, 4.69) is 0 Å². The van der Waals surface area contributed by atoms with E-state index in [1.165, 1.54) is 18.9 Å². The topological polar surface area (TPSA) is 81.9 Å². The van der Waals surface area contributed by atoms with Crippen molar-refractivity contribution in [3.63, 3.8) is 0 Å². The van der Waals surface area contributed by atoms with Gasteiger partial charge in [0.2, 0.25) is 0 Å². The Labute approximate surface area is 164 Å². The minimum atomic E-state index is -0.561. The van der Waals surface area contributed by atoms with Crippen LogP contribution < -0.4 is 5.73 Å². The Morgan fingerprint density at radius 3 is 2.41 bits per heavy atom. The lowest BCUT2D eigenvalue weighted by Gasteiger charge is -2.36. The molecule has 2 N–H and O–H groups in total. The molecule has 0 fully saturated rings. The number of carbonyl (C=O) groups excluding carboxylic acids is 2. The molecule has 6 nitrogen and oxygen atoms in total. The molecule has 146 valence electrons. The van der Waals surface area contributed by atoms with Crippen LogP contribution in [0.2, 0.25) is 0 Å². The van der Waals surface area contributed by atoms with Gasteiger partial charge in [0.15, 0.2) is 0 Å². The van der Waals surface area contributed by atoms with Gasteiger partial charge in [0.05, 0.1) is 35.8 Å². The first-order valence-corrected chi connectivity index (χ1v) is 9.78. The lowest BCUT2D eigenvalue weighted by Crippen LogP contribution is -2.33. The highest BCUT2D eigenvalue weighted by atomic mass is 32.2. The van der Waals surface area contributed by atoms with Crippen molar-refractivity contribution >= 4 is 23.7 Å². The van der Waals surface area contributed by atoms with E-state index in [9.17, 15) is 9.59 Å². The van der Waals surface area contributed by atoms with Crippen LogP contribution in [0.1, 0.15) is 25.3 Å². The Morgan fingerprint density at radius 2 is 1.85 bits per heavy atom. The molecule has 0 radical (unpaired) electrons. The van der Waals surface area contributed by atoms with Crippen LogP contribution in [0.5, 0.6) is 0 Å². The molecule has 0 bridgehead atoms. The zero-order valence-electron chi connectivity index (χ0n) is 16.2. The molecule has 1 aromatic carbocycles. The molecule has 0 aromatic heterocycles. The van der Waals surface area contributed by atoms with Crippen molar-refractivity contribution in [1.82, 2.24) is 4.90 Å². The van der Waals surface area contributed by atoms with E-state index in [0.29, 0.717) is 23.4 Å². The van der Waals surface area contributed by atoms with Gasteiger partial charge in [0, 0.05) is 25.0 Å². The molecule has 1 aliphatic rings. The molecule has 0 saturated heterocycles. The first-order valence-electron chi connectivity index (χ1n) is 8.79. The number of rotatable bonds is 7. The largest absolute Gasteiger partial charge is 0.466 e. The molecule has 0 saturated carbocycles. The SMILES string of the molecule is CCOC(=O)C1=C(SCCN)N(C)C(C)=C(C(=O)OC)C1c1ccccc1. The number of carbonyl (C=O) groups is 2. The van der Waals surface area contributed by atoms with Gasteiger partial charge >= 0.3 is 11.9 Å². The minimum Gasteiger partial charge on any atom is -0.466 e. The molecule has 1 aliphatic heterocycles. The van der Waals surface area contributed by atoms with E-state index >= 15 is 0 Å². The van der Waals surface area contributed by atoms with Crippen molar-refractivity contribution in [3.8, 4) is 0 Å². The molecule has 1 aromatic rings. The predicted octanol–water partition coefficient (Wildman–Crippen LogP) is 2.63. The van der Waals surface area contributed by atoms with Crippen LogP contribution in [-0.4, -0.2) is 49.9 Å². The molecular weight excluding hydrogens is 364 g/mol. The normalized spacial score (nSPS) is 17.2. The molecule has 0 aliphatic carbocycles. The van der Waals surface area contributed by atoms with E-state index in [1.807, 2.05) is 49.2 Å². The van der Waals surface area contributed by atoms with Crippen LogP contribution in [-0.2, 0) is 19.1 Å². The van der Waals surface area contributed by atoms with Crippen molar-refractivity contribution < 1.29 is 19.1 Å². The molecule has 0 amide bonds. The van der Waals surface area contributed by atoms with E-state index in [0.717, 1.165) is 16.3 Å². The number of benzene rings is 1. The standard InChI is InChI=1S/C20H26N2O4S/c1-5-26-20(24)17-16(14-9-7-6-8-10-14)15(19(23)25-4)13(2)22(3)18(17)27-12-11-21/h6-10,16H,5,11-12,21H2,1-4H3. The zero-order chi connectivity index (χ0) is 20.0. The second kappa shape index (κ2) is 9.62. The van der Waals surface area contributed by atoms with Gasteiger partial charge in [0.1, 0.15) is 0 Å². The van der Waals surface area contributed by atoms with Crippen LogP contribution in [0, 0.1) is 0 Å². The van der Waals surface area contributed by atoms with E-state index < -0.39 is 17.9 Å². The van der Waals surface area contributed by atoms with Gasteiger partial charge in [-0.1, -0.05) is 30.3 Å². The summed E-state index contributed by atoms with van der Waals surface area (Å²) < 4.78 is 10.4. The van der Waals surface area contributed by atoms with E-state index in [4.69, 9.17) is 15.2 Å². The molecule has 0 spiro atoms. The van der Waals surface area contributed by atoms with Gasteiger partial charge in [0.25, 0.3) is 0 Å². The Morgan fingerprint density at radius 1 is 1.19 bits per heavy atom. The first-order chi connectivity index (χ1) is 13.0. The third-order valence-electron chi connectivity index (χ3n) is 4.40. The van der Waals surface area contributed by atoms with Gasteiger partial charge in [-0.15, -0.1) is 11.8 Å². The molecule has 2 rings (SSSR count). The lowest BCUT2D eigenvalue weighted by atomic mass is 9.81. The Bertz CT molecular complexity index is 759. The number of hydrogen-bond acceptors (Lipinski definition) is 7. The maximum atomic E-state index is 12.9. The van der Waals surface area contributed by atoms with E-state index in [-0.39, 0.29) is 6.61 Å². The molecular formula is C20H26N2O4S. The van der Waals surface area contributed by atoms with Crippen LogP contribution in [0.15, 0.2) is 52.2 Å². The molecule has 1 heterocycles. The van der Waals surface area contributed by atoms with Crippen molar-refractivity contribution in [2.24, 2.45) is 5.73 Å². The Kier molecular flexibility index (Phi) is 7.50. The Hall–Kier alpha value is -2.25. The average molecular weight is 391 g/mol. The second-order valence-electron chi connectivity index (χ2n) is 5.97. The van der Waals surface area contributed by atoms with Gasteiger partial charge in [-0.05, 0) is 19.4 Å². The van der Waals surface area contributed by atoms with Crippen molar-refractivity contribution in [1.29, 1.82) is 0 Å². The number of nitrogens with zero attached hydrogens (tertiary/aromatic N) is 1. The maximum Gasteiger partial charge on any atom is 0.337 e. The third kappa shape index (κ3) is 4.36. The van der Waals surface area contributed by atoms with E-state index in [1.54, 1.807) is 6.92 Å². The maximum absolute atomic E-state index is 12.9. The minimum absolute atomic E-state index is 0.249. The van der Waals surface area contributed by atoms with Gasteiger partial charge in [-0.2, -0.15) is 0 Å². The highest BCUT2D eigenvalue weighted by Gasteiger charge is 2.40. The predicted molar refractivity (Wildman–Crippen MR) is 107 cm³/mol. The van der Waals surface area contributed by atoms with Crippen LogP contribution >= 0.6 is 11.8 Å². The lowest BCUT2D eigenvalue weighted by molar-refractivity contribution is -0.139. The fourth-order valence-corrected chi connectivity index (χ4v) is 4.09. The fourth-order valence-electron chi connectivity index (χ4n) is 3.09. The number of nitrogens with two attached hydrogens (primary N) is 1. The van der Waals surface area contributed by atoms with Crippen LogP contribution in [0.3, 0.4) is 0 Å². The summed E-state index contributed by atoms with van der Waals surface area (Å²) in [5, 5.41) is 0.748. The summed E-state index contributed by atoms with van der Waals surface area (Å²) in [6.45, 7) is 4.34. The van der Waals surface area contributed by atoms with Crippen molar-refractivity contribution in [2.75, 3.05) is 33.1 Å². The zero-order valence-corrected chi connectivity index (χ0v) is 17.0. The highest BCUT2D eigenvalue weighted by molar-refractivity contribution is 8.03. The monoisotopic (exact) mass is 390 g/mol. The molecule has 7 heteroatoms. The summed E-state index contributed by atoms with van der Waals surface area (Å²) >= 11 is 1.48. The summed E-state index contributed by atoms with van der Waals surface area (Å²) in [7, 11) is 3.18. The summed E-state index contributed by atoms with van der Waals surface area (Å²) in [4.78, 5) is 27.4. The van der Waals surface area contributed by atoms with Gasteiger partial charge < -0.3 is 20.1 Å².